The topological polar surface area (TPSA) is 26.0 Å². The first-order valence-electron chi connectivity index (χ1n) is 3.17. The van der Waals surface area contributed by atoms with Crippen LogP contribution in [0, 0.1) is 11.8 Å². The van der Waals surface area contributed by atoms with Crippen molar-refractivity contribution in [2.75, 3.05) is 6.54 Å². The SMILES string of the molecule is Cl.NCC#Cc1ccccc1. The lowest BCUT2D eigenvalue weighted by molar-refractivity contribution is 1.30. The Morgan fingerprint density at radius 3 is 2.36 bits per heavy atom. The smallest absolute Gasteiger partial charge is 0.0555 e. The molecule has 1 rings (SSSR count). The third-order valence-corrected chi connectivity index (χ3v) is 1.11. The van der Waals surface area contributed by atoms with E-state index in [1.165, 1.54) is 0 Å². The maximum absolute atomic E-state index is 5.20. The van der Waals surface area contributed by atoms with Crippen LogP contribution in [0.15, 0.2) is 30.3 Å². The summed E-state index contributed by atoms with van der Waals surface area (Å²) in [6, 6.07) is 9.81. The van der Waals surface area contributed by atoms with Crippen LogP contribution in [-0.2, 0) is 0 Å². The number of benzene rings is 1. The normalized spacial score (nSPS) is 7.36. The minimum absolute atomic E-state index is 0. The first kappa shape index (κ1) is 10.0. The fourth-order valence-electron chi connectivity index (χ4n) is 0.675. The van der Waals surface area contributed by atoms with Gasteiger partial charge in [-0.1, -0.05) is 30.0 Å². The van der Waals surface area contributed by atoms with Crippen LogP contribution in [0.25, 0.3) is 0 Å². The van der Waals surface area contributed by atoms with E-state index in [1.54, 1.807) is 0 Å². The fraction of sp³-hybridized carbons (Fsp3) is 0.111. The molecule has 0 unspecified atom stereocenters. The molecule has 0 aliphatic carbocycles. The number of halogens is 1. The highest BCUT2D eigenvalue weighted by atomic mass is 35.5. The van der Waals surface area contributed by atoms with Gasteiger partial charge in [0.2, 0.25) is 0 Å². The van der Waals surface area contributed by atoms with Crippen molar-refractivity contribution in [3.63, 3.8) is 0 Å². The summed E-state index contributed by atoms with van der Waals surface area (Å²) in [5, 5.41) is 0. The molecule has 0 saturated carbocycles. The summed E-state index contributed by atoms with van der Waals surface area (Å²) < 4.78 is 0. The second-order valence-corrected chi connectivity index (χ2v) is 1.87. The van der Waals surface area contributed by atoms with E-state index in [4.69, 9.17) is 5.73 Å². The van der Waals surface area contributed by atoms with E-state index in [9.17, 15) is 0 Å². The summed E-state index contributed by atoms with van der Waals surface area (Å²) in [4.78, 5) is 0. The monoisotopic (exact) mass is 167 g/mol. The summed E-state index contributed by atoms with van der Waals surface area (Å²) in [6.45, 7) is 0.425. The first-order valence-corrected chi connectivity index (χ1v) is 3.17. The highest BCUT2D eigenvalue weighted by molar-refractivity contribution is 5.85. The van der Waals surface area contributed by atoms with Crippen molar-refractivity contribution < 1.29 is 0 Å². The van der Waals surface area contributed by atoms with E-state index in [2.05, 4.69) is 11.8 Å². The molecule has 1 aromatic rings. The molecule has 0 aliphatic heterocycles. The molecular weight excluding hydrogens is 158 g/mol. The van der Waals surface area contributed by atoms with Crippen molar-refractivity contribution >= 4 is 12.4 Å². The molecular formula is C9H10ClN. The van der Waals surface area contributed by atoms with Gasteiger partial charge in [-0.15, -0.1) is 12.4 Å². The average molecular weight is 168 g/mol. The predicted octanol–water partition coefficient (Wildman–Crippen LogP) is 1.42. The third-order valence-electron chi connectivity index (χ3n) is 1.11. The van der Waals surface area contributed by atoms with Gasteiger partial charge in [0, 0.05) is 5.56 Å². The van der Waals surface area contributed by atoms with Crippen LogP contribution in [0.5, 0.6) is 0 Å². The molecule has 1 nitrogen and oxygen atoms in total. The molecule has 0 saturated heterocycles. The van der Waals surface area contributed by atoms with Gasteiger partial charge < -0.3 is 5.73 Å². The molecule has 0 radical (unpaired) electrons. The standard InChI is InChI=1S/C9H9N.ClH/c10-8-4-7-9-5-2-1-3-6-9;/h1-3,5-6H,8,10H2;1H. The number of hydrogen-bond donors (Lipinski definition) is 1. The largest absolute Gasteiger partial charge is 0.320 e. The van der Waals surface area contributed by atoms with E-state index < -0.39 is 0 Å². The van der Waals surface area contributed by atoms with Crippen molar-refractivity contribution in [3.8, 4) is 11.8 Å². The molecule has 0 bridgehead atoms. The van der Waals surface area contributed by atoms with Crippen LogP contribution < -0.4 is 5.73 Å². The van der Waals surface area contributed by atoms with Crippen LogP contribution in [0.1, 0.15) is 5.56 Å². The summed E-state index contributed by atoms with van der Waals surface area (Å²) in [7, 11) is 0. The summed E-state index contributed by atoms with van der Waals surface area (Å²) in [6.07, 6.45) is 0. The molecule has 2 heteroatoms. The molecule has 58 valence electrons. The minimum Gasteiger partial charge on any atom is -0.320 e. The summed E-state index contributed by atoms with van der Waals surface area (Å²) in [5.41, 5.74) is 6.22. The molecule has 0 heterocycles. The quantitative estimate of drug-likeness (QED) is 0.582. The molecule has 1 aromatic carbocycles. The Balaban J connectivity index is 0.000001000. The zero-order valence-corrected chi connectivity index (χ0v) is 6.90. The molecule has 0 aromatic heterocycles. The third kappa shape index (κ3) is 3.67. The number of rotatable bonds is 0. The Morgan fingerprint density at radius 2 is 1.82 bits per heavy atom. The van der Waals surface area contributed by atoms with Gasteiger partial charge in [0.1, 0.15) is 0 Å². The number of nitrogens with two attached hydrogens (primary N) is 1. The Bertz CT molecular complexity index is 245. The zero-order valence-electron chi connectivity index (χ0n) is 6.08. The Hall–Kier alpha value is -0.970. The van der Waals surface area contributed by atoms with E-state index in [0.29, 0.717) is 6.54 Å². The van der Waals surface area contributed by atoms with E-state index >= 15 is 0 Å². The van der Waals surface area contributed by atoms with Crippen molar-refractivity contribution in [2.24, 2.45) is 5.73 Å². The van der Waals surface area contributed by atoms with Gasteiger partial charge in [0.25, 0.3) is 0 Å². The lowest BCUT2D eigenvalue weighted by atomic mass is 10.2. The highest BCUT2D eigenvalue weighted by Crippen LogP contribution is 1.93. The van der Waals surface area contributed by atoms with Gasteiger partial charge >= 0.3 is 0 Å². The van der Waals surface area contributed by atoms with Gasteiger partial charge in [-0.3, -0.25) is 0 Å². The molecule has 11 heavy (non-hydrogen) atoms. The summed E-state index contributed by atoms with van der Waals surface area (Å²) in [5.74, 6) is 5.71. The molecule has 0 amide bonds. The van der Waals surface area contributed by atoms with Crippen LogP contribution >= 0.6 is 12.4 Å². The first-order chi connectivity index (χ1) is 4.93. The van der Waals surface area contributed by atoms with Crippen molar-refractivity contribution in [2.45, 2.75) is 0 Å². The van der Waals surface area contributed by atoms with Crippen LogP contribution in [0.2, 0.25) is 0 Å². The van der Waals surface area contributed by atoms with Gasteiger partial charge in [-0.2, -0.15) is 0 Å². The van der Waals surface area contributed by atoms with Crippen LogP contribution in [-0.4, -0.2) is 6.54 Å². The van der Waals surface area contributed by atoms with E-state index in [-0.39, 0.29) is 12.4 Å². The molecule has 0 spiro atoms. The number of hydrogen-bond acceptors (Lipinski definition) is 1. The van der Waals surface area contributed by atoms with Gasteiger partial charge in [0.05, 0.1) is 6.54 Å². The van der Waals surface area contributed by atoms with Gasteiger partial charge in [-0.25, -0.2) is 0 Å². The molecule has 0 fully saturated rings. The lowest BCUT2D eigenvalue weighted by Crippen LogP contribution is -1.92. The Labute approximate surface area is 73.0 Å². The maximum atomic E-state index is 5.20. The molecule has 2 N–H and O–H groups in total. The van der Waals surface area contributed by atoms with Gasteiger partial charge in [-0.05, 0) is 12.1 Å². The zero-order chi connectivity index (χ0) is 7.23. The van der Waals surface area contributed by atoms with Crippen molar-refractivity contribution in [1.82, 2.24) is 0 Å². The van der Waals surface area contributed by atoms with Crippen LogP contribution in [0.3, 0.4) is 0 Å². The van der Waals surface area contributed by atoms with Crippen molar-refractivity contribution in [1.29, 1.82) is 0 Å². The minimum atomic E-state index is 0. The highest BCUT2D eigenvalue weighted by Gasteiger charge is 1.78. The predicted molar refractivity (Wildman–Crippen MR) is 49.6 cm³/mol. The second-order valence-electron chi connectivity index (χ2n) is 1.87. The maximum Gasteiger partial charge on any atom is 0.0555 e. The summed E-state index contributed by atoms with van der Waals surface area (Å²) >= 11 is 0. The second kappa shape index (κ2) is 5.79. The van der Waals surface area contributed by atoms with E-state index in [0.717, 1.165) is 5.56 Å². The van der Waals surface area contributed by atoms with E-state index in [1.807, 2.05) is 30.3 Å². The molecule has 0 aliphatic rings. The van der Waals surface area contributed by atoms with Crippen LogP contribution in [0.4, 0.5) is 0 Å². The fourth-order valence-corrected chi connectivity index (χ4v) is 0.675. The Kier molecular flexibility index (Phi) is 5.28. The van der Waals surface area contributed by atoms with Gasteiger partial charge in [0.15, 0.2) is 0 Å². The lowest BCUT2D eigenvalue weighted by Gasteiger charge is -1.84. The molecule has 0 atom stereocenters. The average Bonchev–Trinajstić information content (AvgIpc) is 2.03. The van der Waals surface area contributed by atoms with Crippen molar-refractivity contribution in [3.05, 3.63) is 35.9 Å². The Morgan fingerprint density at radius 1 is 1.18 bits per heavy atom.